The summed E-state index contributed by atoms with van der Waals surface area (Å²) in [4.78, 5) is 10.6. The van der Waals surface area contributed by atoms with Crippen LogP contribution in [0, 0.1) is 6.92 Å². The van der Waals surface area contributed by atoms with Gasteiger partial charge >= 0.3 is 6.16 Å². The molecule has 1 aromatic carbocycles. The summed E-state index contributed by atoms with van der Waals surface area (Å²) < 4.78 is 9.02. The third-order valence-corrected chi connectivity index (χ3v) is 1.82. The molecule has 0 aromatic heterocycles. The van der Waals surface area contributed by atoms with Gasteiger partial charge in [0, 0.05) is 0 Å². The Bertz CT molecular complexity index is 356. The van der Waals surface area contributed by atoms with Crippen molar-refractivity contribution in [3.8, 4) is 0 Å². The van der Waals surface area contributed by atoms with Crippen molar-refractivity contribution >= 4 is 12.2 Å². The summed E-state index contributed by atoms with van der Waals surface area (Å²) in [5.74, 6) is 0. The summed E-state index contributed by atoms with van der Waals surface area (Å²) in [6, 6.07) is 8.05. The molecule has 0 heterocycles. The lowest BCUT2D eigenvalue weighted by Gasteiger charge is -1.98. The predicted octanol–water partition coefficient (Wildman–Crippen LogP) is 2.79. The molecule has 3 heteroatoms. The Morgan fingerprint density at radius 2 is 2.27 bits per heavy atom. The Morgan fingerprint density at radius 1 is 1.47 bits per heavy atom. The molecule has 0 unspecified atom stereocenters. The normalized spacial score (nSPS) is 10.3. The monoisotopic (exact) mass is 206 g/mol. The zero-order chi connectivity index (χ0) is 11.1. The van der Waals surface area contributed by atoms with Crippen LogP contribution in [0.1, 0.15) is 11.1 Å². The average Bonchev–Trinajstić information content (AvgIpc) is 2.24. The molecule has 0 saturated heterocycles. The van der Waals surface area contributed by atoms with Gasteiger partial charge in [-0.05, 0) is 18.6 Å². The zero-order valence-electron chi connectivity index (χ0n) is 8.90. The molecular weight excluding hydrogens is 192 g/mol. The van der Waals surface area contributed by atoms with Gasteiger partial charge in [0.25, 0.3) is 0 Å². The number of rotatable bonds is 3. The second-order valence-electron chi connectivity index (χ2n) is 3.08. The Labute approximate surface area is 89.3 Å². The van der Waals surface area contributed by atoms with Gasteiger partial charge in [0.05, 0.1) is 7.11 Å². The minimum Gasteiger partial charge on any atom is -0.438 e. The molecule has 0 bridgehead atoms. The van der Waals surface area contributed by atoms with Crippen molar-refractivity contribution in [2.24, 2.45) is 0 Å². The number of methoxy groups -OCH3 is 1. The van der Waals surface area contributed by atoms with Gasteiger partial charge in [-0.25, -0.2) is 4.79 Å². The van der Waals surface area contributed by atoms with Crippen molar-refractivity contribution in [2.75, 3.05) is 13.7 Å². The molecule has 1 rings (SSSR count). The van der Waals surface area contributed by atoms with Crippen molar-refractivity contribution < 1.29 is 14.3 Å². The van der Waals surface area contributed by atoms with Crippen LogP contribution in [0.2, 0.25) is 0 Å². The Kier molecular flexibility index (Phi) is 4.41. The van der Waals surface area contributed by atoms with Crippen LogP contribution in [0.5, 0.6) is 0 Å². The van der Waals surface area contributed by atoms with E-state index >= 15 is 0 Å². The number of carbonyl (C=O) groups excluding carboxylic acids is 1. The maximum absolute atomic E-state index is 10.6. The Hall–Kier alpha value is -1.77. The molecule has 15 heavy (non-hydrogen) atoms. The van der Waals surface area contributed by atoms with Crippen molar-refractivity contribution in [3.63, 3.8) is 0 Å². The van der Waals surface area contributed by atoms with E-state index < -0.39 is 6.16 Å². The number of ether oxygens (including phenoxy) is 2. The third-order valence-electron chi connectivity index (χ3n) is 1.82. The van der Waals surface area contributed by atoms with E-state index in [0.717, 1.165) is 5.56 Å². The predicted molar refractivity (Wildman–Crippen MR) is 58.6 cm³/mol. The first-order chi connectivity index (χ1) is 7.22. The van der Waals surface area contributed by atoms with Gasteiger partial charge in [0.1, 0.15) is 6.61 Å². The highest BCUT2D eigenvalue weighted by Crippen LogP contribution is 2.05. The first-order valence-electron chi connectivity index (χ1n) is 4.66. The molecule has 0 amide bonds. The molecule has 1 aromatic rings. The van der Waals surface area contributed by atoms with E-state index in [-0.39, 0.29) is 6.61 Å². The zero-order valence-corrected chi connectivity index (χ0v) is 8.90. The van der Waals surface area contributed by atoms with Crippen LogP contribution in [0.15, 0.2) is 30.3 Å². The van der Waals surface area contributed by atoms with Gasteiger partial charge in [-0.15, -0.1) is 0 Å². The first kappa shape index (κ1) is 11.3. The fourth-order valence-corrected chi connectivity index (χ4v) is 1.13. The summed E-state index contributed by atoms with van der Waals surface area (Å²) in [6.45, 7) is 2.25. The molecule has 0 fully saturated rings. The second-order valence-corrected chi connectivity index (χ2v) is 3.08. The molecule has 0 spiro atoms. The molecule has 0 atom stereocenters. The maximum Gasteiger partial charge on any atom is 0.508 e. The van der Waals surface area contributed by atoms with Crippen LogP contribution in [0.4, 0.5) is 4.79 Å². The summed E-state index contributed by atoms with van der Waals surface area (Å²) in [5, 5.41) is 0. The minimum atomic E-state index is -0.663. The maximum atomic E-state index is 10.6. The SMILES string of the molecule is COC(=O)OCC=Cc1cccc(C)c1. The number of carbonyl (C=O) groups is 1. The van der Waals surface area contributed by atoms with Crippen LogP contribution in [0.3, 0.4) is 0 Å². The van der Waals surface area contributed by atoms with Crippen molar-refractivity contribution in [3.05, 3.63) is 41.5 Å². The van der Waals surface area contributed by atoms with Crippen molar-refractivity contribution in [1.82, 2.24) is 0 Å². The van der Waals surface area contributed by atoms with E-state index in [9.17, 15) is 4.79 Å². The number of aryl methyl sites for hydroxylation is 1. The highest BCUT2D eigenvalue weighted by atomic mass is 16.7. The highest BCUT2D eigenvalue weighted by Gasteiger charge is 1.95. The molecule has 80 valence electrons. The molecule has 0 radical (unpaired) electrons. The average molecular weight is 206 g/mol. The summed E-state index contributed by atoms with van der Waals surface area (Å²) in [5.41, 5.74) is 2.29. The van der Waals surface area contributed by atoms with Crippen LogP contribution >= 0.6 is 0 Å². The lowest BCUT2D eigenvalue weighted by Crippen LogP contribution is -2.03. The van der Waals surface area contributed by atoms with Gasteiger partial charge < -0.3 is 9.47 Å². The topological polar surface area (TPSA) is 35.5 Å². The summed E-state index contributed by atoms with van der Waals surface area (Å²) >= 11 is 0. The van der Waals surface area contributed by atoms with Crippen LogP contribution < -0.4 is 0 Å². The number of hydrogen-bond acceptors (Lipinski definition) is 3. The van der Waals surface area contributed by atoms with Gasteiger partial charge in [-0.3, -0.25) is 0 Å². The van der Waals surface area contributed by atoms with Crippen molar-refractivity contribution in [2.45, 2.75) is 6.92 Å². The van der Waals surface area contributed by atoms with Crippen molar-refractivity contribution in [1.29, 1.82) is 0 Å². The van der Waals surface area contributed by atoms with E-state index in [1.54, 1.807) is 6.08 Å². The second kappa shape index (κ2) is 5.86. The molecule has 3 nitrogen and oxygen atoms in total. The largest absolute Gasteiger partial charge is 0.508 e. The molecule has 0 aliphatic heterocycles. The van der Waals surface area contributed by atoms with E-state index in [4.69, 9.17) is 4.74 Å². The number of benzene rings is 1. The van der Waals surface area contributed by atoms with E-state index in [1.807, 2.05) is 31.2 Å². The number of hydrogen-bond donors (Lipinski definition) is 0. The van der Waals surface area contributed by atoms with Gasteiger partial charge in [0.15, 0.2) is 0 Å². The molecule has 0 N–H and O–H groups in total. The van der Waals surface area contributed by atoms with E-state index in [2.05, 4.69) is 10.8 Å². The van der Waals surface area contributed by atoms with Gasteiger partial charge in [0.2, 0.25) is 0 Å². The lowest BCUT2D eigenvalue weighted by atomic mass is 10.1. The Balaban J connectivity index is 2.41. The summed E-state index contributed by atoms with van der Waals surface area (Å²) in [6.07, 6.45) is 3.01. The van der Waals surface area contributed by atoms with Gasteiger partial charge in [-0.1, -0.05) is 35.9 Å². The Morgan fingerprint density at radius 3 is 2.93 bits per heavy atom. The van der Waals surface area contributed by atoms with E-state index in [1.165, 1.54) is 12.7 Å². The molecule has 0 aliphatic rings. The van der Waals surface area contributed by atoms with E-state index in [0.29, 0.717) is 0 Å². The quantitative estimate of drug-likeness (QED) is 0.713. The van der Waals surface area contributed by atoms with Crippen LogP contribution in [-0.2, 0) is 9.47 Å². The first-order valence-corrected chi connectivity index (χ1v) is 4.66. The smallest absolute Gasteiger partial charge is 0.438 e. The van der Waals surface area contributed by atoms with Crippen LogP contribution in [0.25, 0.3) is 6.08 Å². The highest BCUT2D eigenvalue weighted by molar-refractivity contribution is 5.60. The lowest BCUT2D eigenvalue weighted by molar-refractivity contribution is 0.0819. The standard InChI is InChI=1S/C12H14O3/c1-10-5-3-6-11(9-10)7-4-8-15-12(13)14-2/h3-7,9H,8H2,1-2H3. The molecule has 0 saturated carbocycles. The third kappa shape index (κ3) is 4.31. The molecule has 0 aliphatic carbocycles. The minimum absolute atomic E-state index is 0.223. The molecular formula is C12H14O3. The fourth-order valence-electron chi connectivity index (χ4n) is 1.13. The van der Waals surface area contributed by atoms with Gasteiger partial charge in [-0.2, -0.15) is 0 Å². The van der Waals surface area contributed by atoms with Crippen LogP contribution in [-0.4, -0.2) is 19.9 Å². The fraction of sp³-hybridized carbons (Fsp3) is 0.250. The summed E-state index contributed by atoms with van der Waals surface area (Å²) in [7, 11) is 1.28.